The van der Waals surface area contributed by atoms with Crippen molar-refractivity contribution in [3.63, 3.8) is 0 Å². The third-order valence-electron chi connectivity index (χ3n) is 2.55. The van der Waals surface area contributed by atoms with Crippen LogP contribution in [0.15, 0.2) is 51.4 Å². The molecule has 0 aliphatic heterocycles. The van der Waals surface area contributed by atoms with Crippen LogP contribution in [-0.2, 0) is 13.1 Å². The molecule has 0 bridgehead atoms. The molecule has 0 fully saturated rings. The number of hydrogen-bond donors (Lipinski definition) is 1. The predicted octanol–water partition coefficient (Wildman–Crippen LogP) is 5.15. The molecule has 0 atom stereocenters. The van der Waals surface area contributed by atoms with Gasteiger partial charge in [0.1, 0.15) is 0 Å². The van der Waals surface area contributed by atoms with E-state index in [1.807, 2.05) is 30.3 Å². The fourth-order valence-corrected chi connectivity index (χ4v) is 2.92. The topological polar surface area (TPSA) is 12.0 Å². The molecule has 0 aliphatic carbocycles. The second-order valence-electron chi connectivity index (χ2n) is 3.97. The smallest absolute Gasteiger partial charge is 0.0417 e. The van der Waals surface area contributed by atoms with Gasteiger partial charge in [-0.05, 0) is 35.4 Å². The molecular formula is C14H12Br2ClN. The average molecular weight is 390 g/mol. The van der Waals surface area contributed by atoms with E-state index in [1.165, 1.54) is 11.1 Å². The standard InChI is InChI=1S/C14H12Br2ClN/c15-12-3-1-2-10(6-12)8-18-9-11-4-5-13(17)7-14(11)16/h1-7,18H,8-9H2. The van der Waals surface area contributed by atoms with E-state index in [2.05, 4.69) is 49.3 Å². The van der Waals surface area contributed by atoms with Crippen LogP contribution in [0.2, 0.25) is 5.02 Å². The van der Waals surface area contributed by atoms with Gasteiger partial charge in [-0.25, -0.2) is 0 Å². The Kier molecular flexibility index (Phi) is 5.25. The molecule has 94 valence electrons. The first-order valence-electron chi connectivity index (χ1n) is 5.54. The molecule has 0 aliphatic rings. The van der Waals surface area contributed by atoms with Crippen molar-refractivity contribution in [2.75, 3.05) is 0 Å². The molecule has 1 nitrogen and oxygen atoms in total. The minimum atomic E-state index is 0.748. The van der Waals surface area contributed by atoms with Crippen molar-refractivity contribution in [1.82, 2.24) is 5.32 Å². The highest BCUT2D eigenvalue weighted by Crippen LogP contribution is 2.21. The Morgan fingerprint density at radius 2 is 1.83 bits per heavy atom. The lowest BCUT2D eigenvalue weighted by molar-refractivity contribution is 0.691. The van der Waals surface area contributed by atoms with Crippen molar-refractivity contribution in [3.8, 4) is 0 Å². The summed E-state index contributed by atoms with van der Waals surface area (Å²) in [6.07, 6.45) is 0. The van der Waals surface area contributed by atoms with Crippen LogP contribution in [0.1, 0.15) is 11.1 Å². The molecule has 18 heavy (non-hydrogen) atoms. The van der Waals surface area contributed by atoms with E-state index >= 15 is 0 Å². The molecule has 2 aromatic carbocycles. The van der Waals surface area contributed by atoms with Gasteiger partial charge in [0, 0.05) is 27.1 Å². The molecule has 0 saturated carbocycles. The van der Waals surface area contributed by atoms with E-state index in [9.17, 15) is 0 Å². The van der Waals surface area contributed by atoms with Crippen molar-refractivity contribution < 1.29 is 0 Å². The van der Waals surface area contributed by atoms with Gasteiger partial charge in [0.2, 0.25) is 0 Å². The lowest BCUT2D eigenvalue weighted by atomic mass is 10.2. The monoisotopic (exact) mass is 387 g/mol. The first-order chi connectivity index (χ1) is 8.65. The van der Waals surface area contributed by atoms with Crippen molar-refractivity contribution >= 4 is 43.5 Å². The summed E-state index contributed by atoms with van der Waals surface area (Å²) in [6, 6.07) is 14.1. The molecule has 1 N–H and O–H groups in total. The van der Waals surface area contributed by atoms with Crippen LogP contribution in [-0.4, -0.2) is 0 Å². The number of hydrogen-bond acceptors (Lipinski definition) is 1. The summed E-state index contributed by atoms with van der Waals surface area (Å²) in [7, 11) is 0. The summed E-state index contributed by atoms with van der Waals surface area (Å²) < 4.78 is 2.14. The molecule has 2 rings (SSSR count). The number of halogens is 3. The fraction of sp³-hybridized carbons (Fsp3) is 0.143. The van der Waals surface area contributed by atoms with Crippen LogP contribution >= 0.6 is 43.5 Å². The fourth-order valence-electron chi connectivity index (χ4n) is 1.65. The molecule has 0 radical (unpaired) electrons. The lowest BCUT2D eigenvalue weighted by Crippen LogP contribution is -2.12. The molecule has 2 aromatic rings. The van der Waals surface area contributed by atoms with E-state index in [0.29, 0.717) is 0 Å². The third kappa shape index (κ3) is 4.09. The van der Waals surface area contributed by atoms with Crippen LogP contribution in [0.3, 0.4) is 0 Å². The second-order valence-corrected chi connectivity index (χ2v) is 6.18. The number of nitrogens with one attached hydrogen (secondary N) is 1. The van der Waals surface area contributed by atoms with E-state index in [1.54, 1.807) is 0 Å². The summed E-state index contributed by atoms with van der Waals surface area (Å²) >= 11 is 12.9. The molecule has 0 saturated heterocycles. The molecule has 0 spiro atoms. The Bertz CT molecular complexity index is 543. The second kappa shape index (κ2) is 6.71. The first kappa shape index (κ1) is 14.1. The SMILES string of the molecule is Clc1ccc(CNCc2cccc(Br)c2)c(Br)c1. The maximum absolute atomic E-state index is 5.91. The Morgan fingerprint density at radius 3 is 2.56 bits per heavy atom. The van der Waals surface area contributed by atoms with E-state index in [-0.39, 0.29) is 0 Å². The largest absolute Gasteiger partial charge is 0.309 e. The van der Waals surface area contributed by atoms with Crippen molar-refractivity contribution in [2.24, 2.45) is 0 Å². The van der Waals surface area contributed by atoms with Crippen LogP contribution < -0.4 is 5.32 Å². The molecule has 0 unspecified atom stereocenters. The summed E-state index contributed by atoms with van der Waals surface area (Å²) in [6.45, 7) is 1.65. The Labute approximate surface area is 129 Å². The number of benzene rings is 2. The van der Waals surface area contributed by atoms with Gasteiger partial charge in [0.25, 0.3) is 0 Å². The highest BCUT2D eigenvalue weighted by molar-refractivity contribution is 9.10. The summed E-state index contributed by atoms with van der Waals surface area (Å²) in [4.78, 5) is 0. The summed E-state index contributed by atoms with van der Waals surface area (Å²) in [5.41, 5.74) is 2.46. The predicted molar refractivity (Wildman–Crippen MR) is 83.8 cm³/mol. The zero-order chi connectivity index (χ0) is 13.0. The first-order valence-corrected chi connectivity index (χ1v) is 7.50. The third-order valence-corrected chi connectivity index (χ3v) is 4.02. The van der Waals surface area contributed by atoms with Crippen LogP contribution in [0.25, 0.3) is 0 Å². The quantitative estimate of drug-likeness (QED) is 0.762. The van der Waals surface area contributed by atoms with E-state index < -0.39 is 0 Å². The molecule has 0 heterocycles. The van der Waals surface area contributed by atoms with Gasteiger partial charge in [-0.15, -0.1) is 0 Å². The highest BCUT2D eigenvalue weighted by Gasteiger charge is 2.00. The van der Waals surface area contributed by atoms with E-state index in [0.717, 1.165) is 27.1 Å². The zero-order valence-electron chi connectivity index (χ0n) is 9.59. The minimum absolute atomic E-state index is 0.748. The highest BCUT2D eigenvalue weighted by atomic mass is 79.9. The summed E-state index contributed by atoms with van der Waals surface area (Å²) in [5.74, 6) is 0. The average Bonchev–Trinajstić information content (AvgIpc) is 2.32. The van der Waals surface area contributed by atoms with Gasteiger partial charge in [-0.3, -0.25) is 0 Å². The van der Waals surface area contributed by atoms with Gasteiger partial charge in [0.05, 0.1) is 0 Å². The Morgan fingerprint density at radius 1 is 1.00 bits per heavy atom. The normalized spacial score (nSPS) is 10.6. The van der Waals surface area contributed by atoms with Gasteiger partial charge in [-0.1, -0.05) is 61.7 Å². The van der Waals surface area contributed by atoms with Gasteiger partial charge in [0.15, 0.2) is 0 Å². The molecule has 0 amide bonds. The minimum Gasteiger partial charge on any atom is -0.309 e. The lowest BCUT2D eigenvalue weighted by Gasteiger charge is -2.07. The van der Waals surface area contributed by atoms with Crippen molar-refractivity contribution in [3.05, 3.63) is 67.6 Å². The zero-order valence-corrected chi connectivity index (χ0v) is 13.5. The van der Waals surface area contributed by atoms with Gasteiger partial charge >= 0.3 is 0 Å². The van der Waals surface area contributed by atoms with Crippen molar-refractivity contribution in [1.29, 1.82) is 0 Å². The van der Waals surface area contributed by atoms with Crippen molar-refractivity contribution in [2.45, 2.75) is 13.1 Å². The summed E-state index contributed by atoms with van der Waals surface area (Å²) in [5, 5.41) is 4.16. The molecule has 4 heteroatoms. The number of rotatable bonds is 4. The van der Waals surface area contributed by atoms with Gasteiger partial charge in [-0.2, -0.15) is 0 Å². The van der Waals surface area contributed by atoms with E-state index in [4.69, 9.17) is 11.6 Å². The Balaban J connectivity index is 1.92. The van der Waals surface area contributed by atoms with Gasteiger partial charge < -0.3 is 5.32 Å². The van der Waals surface area contributed by atoms with Crippen LogP contribution in [0, 0.1) is 0 Å². The maximum atomic E-state index is 5.91. The molecular weight excluding hydrogens is 377 g/mol. The maximum Gasteiger partial charge on any atom is 0.0417 e. The van der Waals surface area contributed by atoms with Crippen LogP contribution in [0.5, 0.6) is 0 Å². The Hall–Kier alpha value is -0.350. The molecule has 0 aromatic heterocycles. The van der Waals surface area contributed by atoms with Crippen LogP contribution in [0.4, 0.5) is 0 Å².